The van der Waals surface area contributed by atoms with Crippen LogP contribution in [0.1, 0.15) is 59.8 Å². The number of hydrogen-bond acceptors (Lipinski definition) is 4. The van der Waals surface area contributed by atoms with Crippen molar-refractivity contribution in [2.75, 3.05) is 6.61 Å². The molecule has 6 nitrogen and oxygen atoms in total. The molecule has 0 saturated carbocycles. The maximum atomic E-state index is 10.3. The first-order chi connectivity index (χ1) is 8.89. The van der Waals surface area contributed by atoms with E-state index >= 15 is 0 Å². The minimum atomic E-state index is -0.671. The number of aliphatic hydroxyl groups excluding tert-OH is 1. The largest absolute Gasteiger partial charge is 0.396 e. The van der Waals surface area contributed by atoms with Gasteiger partial charge < -0.3 is 21.7 Å². The van der Waals surface area contributed by atoms with Crippen LogP contribution < -0.4 is 11.5 Å². The highest BCUT2D eigenvalue weighted by Gasteiger charge is 2.16. The summed E-state index contributed by atoms with van der Waals surface area (Å²) in [5.41, 5.74) is 8.99. The third-order valence-electron chi connectivity index (χ3n) is 2.69. The summed E-state index contributed by atoms with van der Waals surface area (Å²) < 4.78 is 0. The van der Waals surface area contributed by atoms with Gasteiger partial charge in [0.2, 0.25) is 11.8 Å². The molecule has 0 aromatic heterocycles. The maximum Gasteiger partial charge on any atom is 0.217 e. The molecular formula is C14H30N2O4. The van der Waals surface area contributed by atoms with E-state index in [2.05, 4.69) is 0 Å². The summed E-state index contributed by atoms with van der Waals surface area (Å²) in [6.45, 7) is 7.33. The molecule has 0 aliphatic rings. The fraction of sp³-hybridized carbons (Fsp3) is 0.857. The van der Waals surface area contributed by atoms with Crippen molar-refractivity contribution in [1.29, 1.82) is 0 Å². The zero-order valence-electron chi connectivity index (χ0n) is 13.1. The smallest absolute Gasteiger partial charge is 0.217 e. The lowest BCUT2D eigenvalue weighted by Crippen LogP contribution is -2.20. The lowest BCUT2D eigenvalue weighted by Gasteiger charge is -2.19. The number of carbonyl (C=O) groups excluding carboxylic acids is 2. The normalized spacial score (nSPS) is 11.5. The molecule has 2 amide bonds. The van der Waals surface area contributed by atoms with Gasteiger partial charge in [-0.2, -0.15) is 0 Å². The predicted molar refractivity (Wildman–Crippen MR) is 78.6 cm³/mol. The van der Waals surface area contributed by atoms with Crippen molar-refractivity contribution in [3.8, 4) is 0 Å². The quantitative estimate of drug-likeness (QED) is 0.524. The average molecular weight is 290 g/mol. The van der Waals surface area contributed by atoms with E-state index in [-0.39, 0.29) is 23.8 Å². The van der Waals surface area contributed by atoms with Crippen LogP contribution in [0.4, 0.5) is 0 Å². The monoisotopic (exact) mass is 290 g/mol. The number of carbonyl (C=O) groups is 2. The number of aliphatic hydroxyl groups is 2. The van der Waals surface area contributed by atoms with Crippen molar-refractivity contribution in [3.63, 3.8) is 0 Å². The van der Waals surface area contributed by atoms with Crippen molar-refractivity contribution in [3.05, 3.63) is 0 Å². The third-order valence-corrected chi connectivity index (χ3v) is 2.69. The van der Waals surface area contributed by atoms with E-state index in [9.17, 15) is 14.7 Å². The minimum absolute atomic E-state index is 0.0975. The van der Waals surface area contributed by atoms with Gasteiger partial charge in [0.25, 0.3) is 0 Å². The Morgan fingerprint density at radius 1 is 0.950 bits per heavy atom. The molecule has 20 heavy (non-hydrogen) atoms. The van der Waals surface area contributed by atoms with Gasteiger partial charge in [0.05, 0.1) is 5.60 Å². The molecule has 0 bridgehead atoms. The number of primary amides is 2. The van der Waals surface area contributed by atoms with E-state index in [1.54, 1.807) is 13.8 Å². The fourth-order valence-electron chi connectivity index (χ4n) is 1.24. The Kier molecular flexibility index (Phi) is 10.3. The Labute approximate surface area is 121 Å². The van der Waals surface area contributed by atoms with Crippen molar-refractivity contribution < 1.29 is 19.8 Å². The van der Waals surface area contributed by atoms with Crippen LogP contribution in [0.25, 0.3) is 0 Å². The first kappa shape index (κ1) is 21.2. The zero-order chi connectivity index (χ0) is 16.4. The molecule has 0 heterocycles. The van der Waals surface area contributed by atoms with Crippen LogP contribution in [0.5, 0.6) is 0 Å². The molecule has 0 aromatic rings. The van der Waals surface area contributed by atoms with Crippen LogP contribution in [0.2, 0.25) is 0 Å². The molecule has 6 heteroatoms. The van der Waals surface area contributed by atoms with Crippen LogP contribution in [0.3, 0.4) is 0 Å². The molecule has 0 radical (unpaired) electrons. The highest BCUT2D eigenvalue weighted by atomic mass is 16.3. The molecule has 6 N–H and O–H groups in total. The second kappa shape index (κ2) is 9.72. The van der Waals surface area contributed by atoms with Gasteiger partial charge in [0.15, 0.2) is 0 Å². The van der Waals surface area contributed by atoms with Crippen molar-refractivity contribution in [2.24, 2.45) is 16.9 Å². The van der Waals surface area contributed by atoms with Gasteiger partial charge in [0, 0.05) is 19.4 Å². The maximum absolute atomic E-state index is 10.3. The second-order valence-electron chi connectivity index (χ2n) is 6.42. The Balaban J connectivity index is 0. The minimum Gasteiger partial charge on any atom is -0.396 e. The molecule has 0 spiro atoms. The van der Waals surface area contributed by atoms with Gasteiger partial charge in [-0.05, 0) is 38.5 Å². The summed E-state index contributed by atoms with van der Waals surface area (Å²) in [4.78, 5) is 20.5. The van der Waals surface area contributed by atoms with Gasteiger partial charge in [-0.3, -0.25) is 9.59 Å². The van der Waals surface area contributed by atoms with E-state index in [4.69, 9.17) is 16.6 Å². The predicted octanol–water partition coefficient (Wildman–Crippen LogP) is 0.683. The molecule has 0 aliphatic carbocycles. The number of rotatable bonds is 8. The Morgan fingerprint density at radius 3 is 1.70 bits per heavy atom. The molecule has 0 saturated heterocycles. The van der Waals surface area contributed by atoms with Gasteiger partial charge in [-0.25, -0.2) is 0 Å². The van der Waals surface area contributed by atoms with Crippen LogP contribution in [-0.2, 0) is 9.59 Å². The lowest BCUT2D eigenvalue weighted by atomic mass is 9.89. The van der Waals surface area contributed by atoms with Crippen molar-refractivity contribution in [1.82, 2.24) is 0 Å². The molecule has 0 rings (SSSR count). The first-order valence-corrected chi connectivity index (χ1v) is 6.79. The summed E-state index contributed by atoms with van der Waals surface area (Å²) in [5.74, 6) is -0.606. The van der Waals surface area contributed by atoms with Gasteiger partial charge >= 0.3 is 0 Å². The summed E-state index contributed by atoms with van der Waals surface area (Å²) in [6, 6.07) is 0. The Morgan fingerprint density at radius 2 is 1.40 bits per heavy atom. The summed E-state index contributed by atoms with van der Waals surface area (Å²) in [5, 5.41) is 17.9. The molecule has 0 unspecified atom stereocenters. The van der Waals surface area contributed by atoms with Crippen LogP contribution >= 0.6 is 0 Å². The average Bonchev–Trinajstić information content (AvgIpc) is 2.25. The lowest BCUT2D eigenvalue weighted by molar-refractivity contribution is -0.119. The van der Waals surface area contributed by atoms with Crippen LogP contribution in [0.15, 0.2) is 0 Å². The van der Waals surface area contributed by atoms with E-state index in [1.807, 2.05) is 13.8 Å². The second-order valence-corrected chi connectivity index (χ2v) is 6.42. The van der Waals surface area contributed by atoms with Crippen molar-refractivity contribution in [2.45, 2.75) is 65.4 Å². The van der Waals surface area contributed by atoms with Gasteiger partial charge in [-0.15, -0.1) is 0 Å². The third kappa shape index (κ3) is 19.2. The Hall–Kier alpha value is -1.14. The molecule has 0 fully saturated rings. The van der Waals surface area contributed by atoms with Gasteiger partial charge in [-0.1, -0.05) is 13.8 Å². The summed E-state index contributed by atoms with van der Waals surface area (Å²) >= 11 is 0. The number of amides is 2. The highest BCUT2D eigenvalue weighted by molar-refractivity contribution is 5.73. The number of nitrogens with two attached hydrogens (primary N) is 2. The van der Waals surface area contributed by atoms with E-state index in [0.717, 1.165) is 0 Å². The van der Waals surface area contributed by atoms with Crippen LogP contribution in [-0.4, -0.2) is 34.2 Å². The molecule has 120 valence electrons. The molecule has 0 aromatic carbocycles. The van der Waals surface area contributed by atoms with E-state index in [0.29, 0.717) is 32.1 Å². The Bertz CT molecular complexity index is 296. The van der Waals surface area contributed by atoms with E-state index in [1.165, 1.54) is 0 Å². The standard InChI is InChI=1S/2C7H15NO2/c1-7(2,5-9)4-3-6(8)10;1-7(2,10)5-3-4-6(8)9/h9H,3-5H2,1-2H3,(H2,8,10);10H,3-5H2,1-2H3,(H2,8,9). The summed E-state index contributed by atoms with van der Waals surface area (Å²) in [7, 11) is 0. The van der Waals surface area contributed by atoms with E-state index < -0.39 is 5.60 Å². The molecular weight excluding hydrogens is 260 g/mol. The van der Waals surface area contributed by atoms with Gasteiger partial charge in [0.1, 0.15) is 0 Å². The SMILES string of the molecule is CC(C)(CO)CCC(N)=O.CC(C)(O)CCCC(N)=O. The van der Waals surface area contributed by atoms with Crippen LogP contribution in [0, 0.1) is 5.41 Å². The zero-order valence-corrected chi connectivity index (χ0v) is 13.1. The van der Waals surface area contributed by atoms with Crippen molar-refractivity contribution >= 4 is 11.8 Å². The summed E-state index contributed by atoms with van der Waals surface area (Å²) in [6.07, 6.45) is 2.66. The highest BCUT2D eigenvalue weighted by Crippen LogP contribution is 2.20. The topological polar surface area (TPSA) is 127 Å². The number of hydrogen-bond donors (Lipinski definition) is 4. The first-order valence-electron chi connectivity index (χ1n) is 6.79. The molecule has 0 atom stereocenters. The fourth-order valence-corrected chi connectivity index (χ4v) is 1.24. The molecule has 0 aliphatic heterocycles.